The zero-order valence-corrected chi connectivity index (χ0v) is 17.7. The Morgan fingerprint density at radius 1 is 1.17 bits per heavy atom. The molecule has 1 N–H and O–H groups in total. The standard InChI is InChI=1S/C21H15ClN4OS2/c1-12-2-7-16-18(8-12)29-20(23-16)25-19(27)9-15-11-28-21-24-17(10-26(15)21)13-3-5-14(22)6-4-13/h2-8,10-11H,9H2,1H3,(H,23,25,27). The molecule has 0 aliphatic rings. The van der Waals surface area contributed by atoms with Gasteiger partial charge in [-0.25, -0.2) is 9.97 Å². The Hall–Kier alpha value is -2.74. The molecule has 0 bridgehead atoms. The lowest BCUT2D eigenvalue weighted by Crippen LogP contribution is -2.15. The van der Waals surface area contributed by atoms with Crippen LogP contribution >= 0.6 is 34.3 Å². The fourth-order valence-corrected chi connectivity index (χ4v) is 5.11. The van der Waals surface area contributed by atoms with Gasteiger partial charge in [0, 0.05) is 27.9 Å². The van der Waals surface area contributed by atoms with E-state index in [1.54, 1.807) is 0 Å². The van der Waals surface area contributed by atoms with Gasteiger partial charge in [0.15, 0.2) is 10.1 Å². The predicted molar refractivity (Wildman–Crippen MR) is 120 cm³/mol. The van der Waals surface area contributed by atoms with Gasteiger partial charge in [0.2, 0.25) is 5.91 Å². The third-order valence-electron chi connectivity index (χ3n) is 4.56. The number of rotatable bonds is 4. The third kappa shape index (κ3) is 3.64. The van der Waals surface area contributed by atoms with Crippen molar-refractivity contribution in [1.82, 2.24) is 14.4 Å². The summed E-state index contributed by atoms with van der Waals surface area (Å²) >= 11 is 8.97. The van der Waals surface area contributed by atoms with Gasteiger partial charge in [0.05, 0.1) is 22.3 Å². The molecule has 8 heteroatoms. The first-order chi connectivity index (χ1) is 14.0. The van der Waals surface area contributed by atoms with E-state index in [0.29, 0.717) is 10.2 Å². The van der Waals surface area contributed by atoms with Gasteiger partial charge in [-0.2, -0.15) is 0 Å². The summed E-state index contributed by atoms with van der Waals surface area (Å²) < 4.78 is 3.04. The Morgan fingerprint density at radius 3 is 2.83 bits per heavy atom. The van der Waals surface area contributed by atoms with Crippen LogP contribution in [0.15, 0.2) is 54.0 Å². The highest BCUT2D eigenvalue weighted by Crippen LogP contribution is 2.28. The number of imidazole rings is 1. The lowest BCUT2D eigenvalue weighted by atomic mass is 10.2. The smallest absolute Gasteiger partial charge is 0.232 e. The quantitative estimate of drug-likeness (QED) is 0.385. The van der Waals surface area contributed by atoms with Gasteiger partial charge in [-0.05, 0) is 36.8 Å². The first kappa shape index (κ1) is 18.3. The monoisotopic (exact) mass is 438 g/mol. The predicted octanol–water partition coefficient (Wildman–Crippen LogP) is 5.82. The number of carbonyl (C=O) groups excluding carboxylic acids is 1. The summed E-state index contributed by atoms with van der Waals surface area (Å²) in [5, 5.41) is 6.20. The van der Waals surface area contributed by atoms with Gasteiger partial charge in [-0.1, -0.05) is 41.1 Å². The largest absolute Gasteiger partial charge is 0.302 e. The number of hydrogen-bond donors (Lipinski definition) is 1. The first-order valence-corrected chi connectivity index (χ1v) is 11.0. The molecule has 3 heterocycles. The molecule has 0 spiro atoms. The van der Waals surface area contributed by atoms with Crippen molar-refractivity contribution < 1.29 is 4.79 Å². The molecule has 0 radical (unpaired) electrons. The molecule has 29 heavy (non-hydrogen) atoms. The average Bonchev–Trinajstić information content (AvgIpc) is 3.37. The van der Waals surface area contributed by atoms with Crippen LogP contribution in [0.5, 0.6) is 0 Å². The summed E-state index contributed by atoms with van der Waals surface area (Å²) in [6.07, 6.45) is 2.21. The maximum absolute atomic E-state index is 12.6. The summed E-state index contributed by atoms with van der Waals surface area (Å²) in [7, 11) is 0. The number of nitrogens with zero attached hydrogens (tertiary/aromatic N) is 3. The Labute approximate surface area is 179 Å². The van der Waals surface area contributed by atoms with Crippen LogP contribution in [-0.4, -0.2) is 20.3 Å². The van der Waals surface area contributed by atoms with E-state index in [0.717, 1.165) is 32.1 Å². The van der Waals surface area contributed by atoms with Crippen LogP contribution in [-0.2, 0) is 11.2 Å². The average molecular weight is 439 g/mol. The molecule has 3 aromatic heterocycles. The highest BCUT2D eigenvalue weighted by molar-refractivity contribution is 7.22. The maximum Gasteiger partial charge on any atom is 0.232 e. The summed E-state index contributed by atoms with van der Waals surface area (Å²) in [4.78, 5) is 22.6. The van der Waals surface area contributed by atoms with Gasteiger partial charge < -0.3 is 5.32 Å². The van der Waals surface area contributed by atoms with Crippen molar-refractivity contribution >= 4 is 60.5 Å². The zero-order valence-electron chi connectivity index (χ0n) is 15.3. The van der Waals surface area contributed by atoms with Crippen molar-refractivity contribution in [3.05, 3.63) is 70.3 Å². The molecule has 0 unspecified atom stereocenters. The van der Waals surface area contributed by atoms with Crippen LogP contribution in [0.2, 0.25) is 5.02 Å². The first-order valence-electron chi connectivity index (χ1n) is 8.93. The molecule has 0 saturated carbocycles. The van der Waals surface area contributed by atoms with Crippen LogP contribution < -0.4 is 5.32 Å². The minimum absolute atomic E-state index is 0.0952. The summed E-state index contributed by atoms with van der Waals surface area (Å²) in [6.45, 7) is 2.04. The molecule has 0 aliphatic heterocycles. The van der Waals surface area contributed by atoms with Crippen LogP contribution in [0.25, 0.3) is 26.4 Å². The molecule has 5 aromatic rings. The van der Waals surface area contributed by atoms with Gasteiger partial charge in [0.25, 0.3) is 0 Å². The molecule has 1 amide bonds. The minimum Gasteiger partial charge on any atom is -0.302 e. The number of benzene rings is 2. The number of aryl methyl sites for hydroxylation is 1. The van der Waals surface area contributed by atoms with Crippen LogP contribution in [0, 0.1) is 6.92 Å². The Bertz CT molecular complexity index is 1350. The fourth-order valence-electron chi connectivity index (χ4n) is 3.13. The van der Waals surface area contributed by atoms with Gasteiger partial charge >= 0.3 is 0 Å². The number of thiazole rings is 2. The van der Waals surface area contributed by atoms with Crippen molar-refractivity contribution in [3.63, 3.8) is 0 Å². The number of hydrogen-bond acceptors (Lipinski definition) is 5. The molecule has 144 valence electrons. The Balaban J connectivity index is 1.36. The van der Waals surface area contributed by atoms with Crippen molar-refractivity contribution in [3.8, 4) is 11.3 Å². The highest BCUT2D eigenvalue weighted by atomic mass is 35.5. The molecule has 0 saturated heterocycles. The van der Waals surface area contributed by atoms with Gasteiger partial charge in [-0.15, -0.1) is 11.3 Å². The van der Waals surface area contributed by atoms with Gasteiger partial charge in [0.1, 0.15) is 0 Å². The summed E-state index contributed by atoms with van der Waals surface area (Å²) in [5.41, 5.74) is 4.82. The van der Waals surface area contributed by atoms with Crippen LogP contribution in [0.1, 0.15) is 11.3 Å². The lowest BCUT2D eigenvalue weighted by molar-refractivity contribution is -0.115. The molecule has 0 fully saturated rings. The van der Waals surface area contributed by atoms with Crippen molar-refractivity contribution in [2.24, 2.45) is 0 Å². The zero-order chi connectivity index (χ0) is 20.0. The second kappa shape index (κ2) is 7.26. The third-order valence-corrected chi connectivity index (χ3v) is 6.63. The van der Waals surface area contributed by atoms with E-state index in [2.05, 4.69) is 21.4 Å². The van der Waals surface area contributed by atoms with Crippen LogP contribution in [0.4, 0.5) is 5.13 Å². The van der Waals surface area contributed by atoms with E-state index in [1.165, 1.54) is 28.2 Å². The minimum atomic E-state index is -0.0952. The Kier molecular flexibility index (Phi) is 4.58. The van der Waals surface area contributed by atoms with Gasteiger partial charge in [-0.3, -0.25) is 9.20 Å². The van der Waals surface area contributed by atoms with E-state index in [-0.39, 0.29) is 12.3 Å². The normalized spacial score (nSPS) is 11.4. The van der Waals surface area contributed by atoms with E-state index in [4.69, 9.17) is 11.6 Å². The number of nitrogens with one attached hydrogen (secondary N) is 1. The molecular weight excluding hydrogens is 424 g/mol. The van der Waals surface area contributed by atoms with Crippen molar-refractivity contribution in [2.75, 3.05) is 5.32 Å². The summed E-state index contributed by atoms with van der Waals surface area (Å²) in [6, 6.07) is 13.6. The number of halogens is 1. The summed E-state index contributed by atoms with van der Waals surface area (Å²) in [5.74, 6) is -0.0952. The number of carbonyl (C=O) groups is 1. The van der Waals surface area contributed by atoms with E-state index >= 15 is 0 Å². The molecule has 5 rings (SSSR count). The molecule has 2 aromatic carbocycles. The number of fused-ring (bicyclic) bond motifs is 2. The van der Waals surface area contributed by atoms with E-state index < -0.39 is 0 Å². The molecule has 5 nitrogen and oxygen atoms in total. The number of amides is 1. The van der Waals surface area contributed by atoms with E-state index in [9.17, 15) is 4.79 Å². The Morgan fingerprint density at radius 2 is 2.00 bits per heavy atom. The molecular formula is C21H15ClN4OS2. The molecule has 0 aliphatic carbocycles. The second-order valence-electron chi connectivity index (χ2n) is 6.73. The second-order valence-corrected chi connectivity index (χ2v) is 9.03. The maximum atomic E-state index is 12.6. The topological polar surface area (TPSA) is 59.3 Å². The van der Waals surface area contributed by atoms with Crippen LogP contribution in [0.3, 0.4) is 0 Å². The highest BCUT2D eigenvalue weighted by Gasteiger charge is 2.14. The fraction of sp³-hybridized carbons (Fsp3) is 0.0952. The number of anilines is 1. The van der Waals surface area contributed by atoms with E-state index in [1.807, 2.05) is 59.3 Å². The van der Waals surface area contributed by atoms with Crippen molar-refractivity contribution in [2.45, 2.75) is 13.3 Å². The number of aromatic nitrogens is 3. The SMILES string of the molecule is Cc1ccc2nc(NC(=O)Cc3csc4nc(-c5ccc(Cl)cc5)cn34)sc2c1. The molecule has 0 atom stereocenters. The lowest BCUT2D eigenvalue weighted by Gasteiger charge is -2.01. The van der Waals surface area contributed by atoms with Crippen molar-refractivity contribution in [1.29, 1.82) is 0 Å².